The Morgan fingerprint density at radius 3 is 2.60 bits per heavy atom. The number of amides is 1. The minimum atomic E-state index is -0.176. The van der Waals surface area contributed by atoms with Gasteiger partial charge >= 0.3 is 0 Å². The quantitative estimate of drug-likeness (QED) is 0.350. The fourth-order valence-corrected chi connectivity index (χ4v) is 5.42. The number of aromatic nitrogens is 3. The van der Waals surface area contributed by atoms with Crippen molar-refractivity contribution in [1.82, 2.24) is 19.7 Å². The Balaban J connectivity index is 1.55. The van der Waals surface area contributed by atoms with Crippen LogP contribution in [0, 0.1) is 0 Å². The molecule has 0 radical (unpaired) electrons. The predicted octanol–water partition coefficient (Wildman–Crippen LogP) is 5.36. The lowest BCUT2D eigenvalue weighted by Gasteiger charge is -2.25. The van der Waals surface area contributed by atoms with Crippen LogP contribution < -0.4 is 5.32 Å². The lowest BCUT2D eigenvalue weighted by molar-refractivity contribution is -0.121. The van der Waals surface area contributed by atoms with Crippen molar-refractivity contribution in [2.45, 2.75) is 61.9 Å². The number of para-hydroxylation sites is 3. The van der Waals surface area contributed by atoms with Crippen molar-refractivity contribution in [3.8, 4) is 0 Å². The van der Waals surface area contributed by atoms with Crippen LogP contribution in [-0.2, 0) is 4.79 Å². The van der Waals surface area contributed by atoms with Crippen LogP contribution in [0.3, 0.4) is 0 Å². The molecule has 2 heterocycles. The molecule has 1 amide bonds. The van der Waals surface area contributed by atoms with Gasteiger partial charge in [0.2, 0.25) is 5.91 Å². The Kier molecular flexibility index (Phi) is 5.34. The Bertz CT molecular complexity index is 1210. The van der Waals surface area contributed by atoms with Gasteiger partial charge < -0.3 is 5.32 Å². The third-order valence-electron chi connectivity index (χ3n) is 5.98. The summed E-state index contributed by atoms with van der Waals surface area (Å²) in [7, 11) is 0. The van der Waals surface area contributed by atoms with Gasteiger partial charge in [-0.1, -0.05) is 62.2 Å². The first-order valence-electron chi connectivity index (χ1n) is 10.9. The van der Waals surface area contributed by atoms with Gasteiger partial charge in [-0.05, 0) is 43.5 Å². The molecule has 0 aliphatic heterocycles. The van der Waals surface area contributed by atoms with Crippen LogP contribution in [-0.4, -0.2) is 31.6 Å². The van der Waals surface area contributed by atoms with Gasteiger partial charge in [-0.25, -0.2) is 9.97 Å². The minimum Gasteiger partial charge on any atom is -0.352 e. The SMILES string of the molecule is CCC(Sc1nc2ccccc2c2nc3ccccc3n12)C(=O)NC1CCCCC1. The summed E-state index contributed by atoms with van der Waals surface area (Å²) in [5, 5.41) is 4.97. The van der Waals surface area contributed by atoms with Crippen molar-refractivity contribution in [3.05, 3.63) is 48.5 Å². The largest absolute Gasteiger partial charge is 0.352 e. The second-order valence-corrected chi connectivity index (χ2v) is 9.20. The molecule has 0 bridgehead atoms. The van der Waals surface area contributed by atoms with Crippen LogP contribution in [0.2, 0.25) is 0 Å². The highest BCUT2D eigenvalue weighted by Gasteiger charge is 2.25. The zero-order valence-corrected chi connectivity index (χ0v) is 18.0. The van der Waals surface area contributed by atoms with E-state index in [0.29, 0.717) is 6.04 Å². The molecule has 1 unspecified atom stereocenters. The number of hydrogen-bond acceptors (Lipinski definition) is 4. The first-order chi connectivity index (χ1) is 14.7. The van der Waals surface area contributed by atoms with Gasteiger partial charge in [0.1, 0.15) is 5.65 Å². The molecule has 2 aromatic carbocycles. The van der Waals surface area contributed by atoms with Gasteiger partial charge in [0.05, 0.1) is 21.8 Å². The van der Waals surface area contributed by atoms with E-state index in [4.69, 9.17) is 9.97 Å². The lowest BCUT2D eigenvalue weighted by Crippen LogP contribution is -2.41. The van der Waals surface area contributed by atoms with Crippen LogP contribution in [0.15, 0.2) is 53.7 Å². The highest BCUT2D eigenvalue weighted by molar-refractivity contribution is 8.00. The highest BCUT2D eigenvalue weighted by atomic mass is 32.2. The molecule has 154 valence electrons. The van der Waals surface area contributed by atoms with Gasteiger partial charge in [-0.2, -0.15) is 0 Å². The summed E-state index contributed by atoms with van der Waals surface area (Å²) >= 11 is 1.55. The maximum absolute atomic E-state index is 13.1. The molecule has 0 spiro atoms. The van der Waals surface area contributed by atoms with Crippen LogP contribution in [0.5, 0.6) is 0 Å². The first-order valence-corrected chi connectivity index (χ1v) is 11.8. The molecule has 1 saturated carbocycles. The first kappa shape index (κ1) is 19.4. The van der Waals surface area contributed by atoms with Gasteiger partial charge in [0.25, 0.3) is 0 Å². The maximum Gasteiger partial charge on any atom is 0.233 e. The Labute approximate surface area is 180 Å². The molecule has 30 heavy (non-hydrogen) atoms. The number of nitrogens with zero attached hydrogens (tertiary/aromatic N) is 3. The van der Waals surface area contributed by atoms with Crippen LogP contribution in [0.25, 0.3) is 27.6 Å². The fraction of sp³-hybridized carbons (Fsp3) is 0.375. The predicted molar refractivity (Wildman–Crippen MR) is 123 cm³/mol. The monoisotopic (exact) mass is 418 g/mol. The van der Waals surface area contributed by atoms with E-state index in [9.17, 15) is 4.79 Å². The third-order valence-corrected chi connectivity index (χ3v) is 7.29. The molecule has 1 aliphatic carbocycles. The molecule has 1 N–H and O–H groups in total. The van der Waals surface area contributed by atoms with Crippen molar-refractivity contribution in [1.29, 1.82) is 0 Å². The lowest BCUT2D eigenvalue weighted by atomic mass is 9.95. The molecule has 4 aromatic rings. The number of hydrogen-bond donors (Lipinski definition) is 1. The second kappa shape index (κ2) is 8.26. The summed E-state index contributed by atoms with van der Waals surface area (Å²) < 4.78 is 2.11. The van der Waals surface area contributed by atoms with E-state index in [0.717, 1.165) is 52.0 Å². The number of fused-ring (bicyclic) bond motifs is 5. The van der Waals surface area contributed by atoms with Gasteiger partial charge in [-0.3, -0.25) is 9.20 Å². The zero-order chi connectivity index (χ0) is 20.5. The number of imidazole rings is 1. The van der Waals surface area contributed by atoms with Gasteiger partial charge in [0, 0.05) is 11.4 Å². The van der Waals surface area contributed by atoms with E-state index in [1.165, 1.54) is 19.3 Å². The molecule has 5 nitrogen and oxygen atoms in total. The summed E-state index contributed by atoms with van der Waals surface area (Å²) in [6, 6.07) is 16.5. The number of rotatable bonds is 5. The summed E-state index contributed by atoms with van der Waals surface area (Å²) in [6.45, 7) is 2.07. The number of nitrogens with one attached hydrogen (secondary N) is 1. The second-order valence-electron chi connectivity index (χ2n) is 8.03. The molecular weight excluding hydrogens is 392 g/mol. The summed E-state index contributed by atoms with van der Waals surface area (Å²) in [5.74, 6) is 0.127. The molecule has 1 fully saturated rings. The minimum absolute atomic E-state index is 0.127. The molecule has 1 atom stereocenters. The third kappa shape index (κ3) is 3.54. The normalized spacial score (nSPS) is 16.3. The number of carbonyl (C=O) groups excluding carboxylic acids is 1. The summed E-state index contributed by atoms with van der Waals surface area (Å²) in [6.07, 6.45) is 6.65. The molecule has 5 rings (SSSR count). The van der Waals surface area contributed by atoms with Crippen molar-refractivity contribution in [3.63, 3.8) is 0 Å². The van der Waals surface area contributed by atoms with Crippen molar-refractivity contribution < 1.29 is 4.79 Å². The average Bonchev–Trinajstić information content (AvgIpc) is 3.18. The fourth-order valence-electron chi connectivity index (χ4n) is 4.38. The van der Waals surface area contributed by atoms with Gasteiger partial charge in [0.15, 0.2) is 5.16 Å². The topological polar surface area (TPSA) is 59.3 Å². The van der Waals surface area contributed by atoms with Crippen molar-refractivity contribution >= 4 is 45.3 Å². The van der Waals surface area contributed by atoms with Crippen molar-refractivity contribution in [2.75, 3.05) is 0 Å². The standard InChI is InChI=1S/C24H26N4OS/c1-2-21(23(29)25-16-10-4-3-5-11-16)30-24-27-18-13-7-6-12-17(18)22-26-19-14-8-9-15-20(19)28(22)24/h6-9,12-16,21H,2-5,10-11H2,1H3,(H,25,29). The number of carbonyl (C=O) groups is 1. The summed E-state index contributed by atoms with van der Waals surface area (Å²) in [5.41, 5.74) is 3.77. The molecule has 2 aromatic heterocycles. The van der Waals surface area contributed by atoms with Crippen LogP contribution in [0.1, 0.15) is 45.4 Å². The van der Waals surface area contributed by atoms with E-state index >= 15 is 0 Å². The number of benzene rings is 2. The van der Waals surface area contributed by atoms with Crippen LogP contribution in [0.4, 0.5) is 0 Å². The molecular formula is C24H26N4OS. The maximum atomic E-state index is 13.1. The molecule has 1 aliphatic rings. The average molecular weight is 419 g/mol. The van der Waals surface area contributed by atoms with E-state index < -0.39 is 0 Å². The molecule has 6 heteroatoms. The van der Waals surface area contributed by atoms with Crippen LogP contribution >= 0.6 is 11.8 Å². The van der Waals surface area contributed by atoms with E-state index in [1.807, 2.05) is 36.4 Å². The zero-order valence-electron chi connectivity index (χ0n) is 17.2. The highest BCUT2D eigenvalue weighted by Crippen LogP contribution is 2.32. The Morgan fingerprint density at radius 1 is 1.07 bits per heavy atom. The van der Waals surface area contributed by atoms with Gasteiger partial charge in [-0.15, -0.1) is 0 Å². The Morgan fingerprint density at radius 2 is 1.80 bits per heavy atom. The summed E-state index contributed by atoms with van der Waals surface area (Å²) in [4.78, 5) is 22.9. The number of thioether (sulfide) groups is 1. The van der Waals surface area contributed by atoms with Crippen molar-refractivity contribution in [2.24, 2.45) is 0 Å². The molecule has 0 saturated heterocycles. The van der Waals surface area contributed by atoms with E-state index in [-0.39, 0.29) is 11.2 Å². The van der Waals surface area contributed by atoms with E-state index in [2.05, 4.69) is 28.8 Å². The Hall–Kier alpha value is -2.60. The smallest absolute Gasteiger partial charge is 0.233 e. The van der Waals surface area contributed by atoms with E-state index in [1.54, 1.807) is 11.8 Å².